The van der Waals surface area contributed by atoms with Crippen LogP contribution in [0.3, 0.4) is 0 Å². The zero-order valence-corrected chi connectivity index (χ0v) is 12.0. The Kier molecular flexibility index (Phi) is 3.46. The van der Waals surface area contributed by atoms with Gasteiger partial charge in [0.15, 0.2) is 5.13 Å². The van der Waals surface area contributed by atoms with Gasteiger partial charge in [0.05, 0.1) is 15.8 Å². The van der Waals surface area contributed by atoms with E-state index in [0.29, 0.717) is 12.5 Å². The third kappa shape index (κ3) is 2.90. The number of hydrogen-bond acceptors (Lipinski definition) is 4. The second-order valence-electron chi connectivity index (χ2n) is 5.77. The summed E-state index contributed by atoms with van der Waals surface area (Å²) in [6.07, 6.45) is 4.16. The van der Waals surface area contributed by atoms with Crippen molar-refractivity contribution in [1.29, 1.82) is 0 Å². The van der Waals surface area contributed by atoms with E-state index in [9.17, 15) is 5.11 Å². The molecule has 0 saturated heterocycles. The molecule has 2 atom stereocenters. The summed E-state index contributed by atoms with van der Waals surface area (Å²) in [5.41, 5.74) is 0.467. The molecule has 1 aliphatic rings. The van der Waals surface area contributed by atoms with Crippen LogP contribution >= 0.6 is 11.3 Å². The molecule has 0 spiro atoms. The number of benzene rings is 1. The van der Waals surface area contributed by atoms with E-state index >= 15 is 0 Å². The van der Waals surface area contributed by atoms with Gasteiger partial charge in [0.1, 0.15) is 0 Å². The van der Waals surface area contributed by atoms with Crippen molar-refractivity contribution in [3.05, 3.63) is 24.3 Å². The van der Waals surface area contributed by atoms with Crippen molar-refractivity contribution in [3.8, 4) is 0 Å². The van der Waals surface area contributed by atoms with E-state index in [1.165, 1.54) is 11.1 Å². The standard InChI is InChI=1S/C15H20N2OS/c1-11-5-4-8-15(18,9-11)10-16-14-17-12-6-2-3-7-13(12)19-14/h2-3,6-7,11,18H,4-5,8-10H2,1H3,(H,16,17). The Morgan fingerprint density at radius 2 is 2.32 bits per heavy atom. The van der Waals surface area contributed by atoms with Crippen LogP contribution in [-0.4, -0.2) is 22.2 Å². The Morgan fingerprint density at radius 3 is 3.11 bits per heavy atom. The lowest BCUT2D eigenvalue weighted by atomic mass is 9.79. The molecule has 1 fully saturated rings. The van der Waals surface area contributed by atoms with E-state index in [-0.39, 0.29) is 0 Å². The molecule has 1 heterocycles. The first kappa shape index (κ1) is 12.9. The molecule has 0 aliphatic heterocycles. The molecule has 1 aromatic carbocycles. The van der Waals surface area contributed by atoms with Gasteiger partial charge in [0.2, 0.25) is 0 Å². The Bertz CT molecular complexity index is 535. The van der Waals surface area contributed by atoms with Gasteiger partial charge in [-0.05, 0) is 30.9 Å². The summed E-state index contributed by atoms with van der Waals surface area (Å²) >= 11 is 1.65. The third-order valence-electron chi connectivity index (χ3n) is 3.93. The average Bonchev–Trinajstić information content (AvgIpc) is 2.79. The smallest absolute Gasteiger partial charge is 0.183 e. The van der Waals surface area contributed by atoms with Crippen LogP contribution in [0.15, 0.2) is 24.3 Å². The summed E-state index contributed by atoms with van der Waals surface area (Å²) in [5, 5.41) is 14.8. The second kappa shape index (κ2) is 5.10. The van der Waals surface area contributed by atoms with Gasteiger partial charge < -0.3 is 10.4 Å². The zero-order valence-electron chi connectivity index (χ0n) is 11.2. The molecular weight excluding hydrogens is 256 g/mol. The van der Waals surface area contributed by atoms with Crippen LogP contribution in [-0.2, 0) is 0 Å². The highest BCUT2D eigenvalue weighted by Crippen LogP contribution is 2.33. The van der Waals surface area contributed by atoms with Crippen LogP contribution in [0.4, 0.5) is 5.13 Å². The van der Waals surface area contributed by atoms with Crippen LogP contribution < -0.4 is 5.32 Å². The highest BCUT2D eigenvalue weighted by molar-refractivity contribution is 7.22. The van der Waals surface area contributed by atoms with Crippen LogP contribution in [0.25, 0.3) is 10.2 Å². The molecule has 2 aromatic rings. The Hall–Kier alpha value is -1.13. The molecule has 3 rings (SSSR count). The second-order valence-corrected chi connectivity index (χ2v) is 6.80. The molecule has 0 bridgehead atoms. The van der Waals surface area contributed by atoms with Crippen molar-refractivity contribution in [1.82, 2.24) is 4.98 Å². The predicted molar refractivity (Wildman–Crippen MR) is 80.7 cm³/mol. The number of anilines is 1. The Balaban J connectivity index is 1.68. The lowest BCUT2D eigenvalue weighted by molar-refractivity contribution is -0.000761. The van der Waals surface area contributed by atoms with Gasteiger partial charge >= 0.3 is 0 Å². The van der Waals surface area contributed by atoms with E-state index in [0.717, 1.165) is 29.9 Å². The van der Waals surface area contributed by atoms with E-state index in [4.69, 9.17) is 0 Å². The molecule has 1 aromatic heterocycles. The number of aliphatic hydroxyl groups is 1. The summed E-state index contributed by atoms with van der Waals surface area (Å²) in [5.74, 6) is 0.621. The maximum absolute atomic E-state index is 10.6. The van der Waals surface area contributed by atoms with Crippen molar-refractivity contribution < 1.29 is 5.11 Å². The average molecular weight is 276 g/mol. The summed E-state index contributed by atoms with van der Waals surface area (Å²) in [6, 6.07) is 8.13. The van der Waals surface area contributed by atoms with E-state index in [1.807, 2.05) is 18.2 Å². The predicted octanol–water partition coefficient (Wildman–Crippen LogP) is 3.65. The van der Waals surface area contributed by atoms with Gasteiger partial charge in [-0.2, -0.15) is 0 Å². The van der Waals surface area contributed by atoms with Crippen molar-refractivity contribution in [2.45, 2.75) is 38.2 Å². The molecule has 2 unspecified atom stereocenters. The number of hydrogen-bond donors (Lipinski definition) is 2. The molecular formula is C15H20N2OS. The summed E-state index contributed by atoms with van der Waals surface area (Å²) in [7, 11) is 0. The lowest BCUT2D eigenvalue weighted by Gasteiger charge is -2.35. The minimum absolute atomic E-state index is 0.560. The van der Waals surface area contributed by atoms with Crippen LogP contribution in [0.2, 0.25) is 0 Å². The fraction of sp³-hybridized carbons (Fsp3) is 0.533. The summed E-state index contributed by atoms with van der Waals surface area (Å²) < 4.78 is 1.19. The topological polar surface area (TPSA) is 45.1 Å². The zero-order chi connectivity index (χ0) is 13.3. The first-order valence-electron chi connectivity index (χ1n) is 6.96. The third-order valence-corrected chi connectivity index (χ3v) is 4.92. The van der Waals surface area contributed by atoms with Gasteiger partial charge in [-0.3, -0.25) is 0 Å². The lowest BCUT2D eigenvalue weighted by Crippen LogP contribution is -2.41. The van der Waals surface area contributed by atoms with Gasteiger partial charge in [0, 0.05) is 6.54 Å². The van der Waals surface area contributed by atoms with Crippen LogP contribution in [0.5, 0.6) is 0 Å². The van der Waals surface area contributed by atoms with Gasteiger partial charge in [-0.1, -0.05) is 43.2 Å². The largest absolute Gasteiger partial charge is 0.388 e. The highest BCUT2D eigenvalue weighted by atomic mass is 32.1. The molecule has 102 valence electrons. The van der Waals surface area contributed by atoms with Crippen molar-refractivity contribution in [2.75, 3.05) is 11.9 Å². The monoisotopic (exact) mass is 276 g/mol. The SMILES string of the molecule is CC1CCCC(O)(CNc2nc3ccccc3s2)C1. The number of nitrogens with one attached hydrogen (secondary N) is 1. The molecule has 0 radical (unpaired) electrons. The molecule has 3 nitrogen and oxygen atoms in total. The molecule has 4 heteroatoms. The molecule has 1 aliphatic carbocycles. The van der Waals surface area contributed by atoms with Gasteiger partial charge in [-0.15, -0.1) is 0 Å². The normalized spacial score (nSPS) is 27.6. The number of aromatic nitrogens is 1. The minimum atomic E-state index is -0.560. The first-order valence-corrected chi connectivity index (χ1v) is 7.78. The van der Waals surface area contributed by atoms with Crippen LogP contribution in [0.1, 0.15) is 32.6 Å². The van der Waals surface area contributed by atoms with Crippen molar-refractivity contribution >= 4 is 26.7 Å². The van der Waals surface area contributed by atoms with E-state index in [1.54, 1.807) is 11.3 Å². The van der Waals surface area contributed by atoms with Crippen molar-refractivity contribution in [3.63, 3.8) is 0 Å². The molecule has 0 amide bonds. The van der Waals surface area contributed by atoms with E-state index in [2.05, 4.69) is 23.3 Å². The quantitative estimate of drug-likeness (QED) is 0.899. The number of nitrogens with zero attached hydrogens (tertiary/aromatic N) is 1. The first-order chi connectivity index (χ1) is 9.15. The molecule has 19 heavy (non-hydrogen) atoms. The highest BCUT2D eigenvalue weighted by Gasteiger charge is 2.32. The molecule has 1 saturated carbocycles. The maximum atomic E-state index is 10.6. The maximum Gasteiger partial charge on any atom is 0.183 e. The minimum Gasteiger partial charge on any atom is -0.388 e. The fourth-order valence-corrected chi connectivity index (χ4v) is 3.84. The summed E-state index contributed by atoms with van der Waals surface area (Å²) in [6.45, 7) is 2.83. The number of para-hydroxylation sites is 1. The van der Waals surface area contributed by atoms with Gasteiger partial charge in [-0.25, -0.2) is 4.98 Å². The summed E-state index contributed by atoms with van der Waals surface area (Å²) in [4.78, 5) is 4.54. The van der Waals surface area contributed by atoms with Crippen molar-refractivity contribution in [2.24, 2.45) is 5.92 Å². The molecule has 2 N–H and O–H groups in total. The number of thiazole rings is 1. The number of rotatable bonds is 3. The Morgan fingerprint density at radius 1 is 1.47 bits per heavy atom. The van der Waals surface area contributed by atoms with Crippen LogP contribution in [0, 0.1) is 5.92 Å². The fourth-order valence-electron chi connectivity index (χ4n) is 2.98. The number of fused-ring (bicyclic) bond motifs is 1. The Labute approximate surface area is 117 Å². The van der Waals surface area contributed by atoms with E-state index < -0.39 is 5.60 Å². The van der Waals surface area contributed by atoms with Gasteiger partial charge in [0.25, 0.3) is 0 Å².